The van der Waals surface area contributed by atoms with Gasteiger partial charge in [-0.3, -0.25) is 14.5 Å². The Morgan fingerprint density at radius 3 is 2.73 bits per heavy atom. The second-order valence-electron chi connectivity index (χ2n) is 6.41. The number of β-lactam (4-membered cyclic amide) rings is 1. The zero-order chi connectivity index (χ0) is 20.9. The van der Waals surface area contributed by atoms with E-state index in [0.717, 1.165) is 26.1 Å². The van der Waals surface area contributed by atoms with Crippen LogP contribution in [0.3, 0.4) is 0 Å². The van der Waals surface area contributed by atoms with Crippen LogP contribution in [0.25, 0.3) is 0 Å². The van der Waals surface area contributed by atoms with E-state index in [1.54, 1.807) is 17.5 Å². The molecule has 1 aromatic rings. The first-order valence-electron chi connectivity index (χ1n) is 8.98. The summed E-state index contributed by atoms with van der Waals surface area (Å²) in [5.41, 5.74) is -0.0115. The van der Waals surface area contributed by atoms with Crippen molar-refractivity contribution in [1.29, 1.82) is 0 Å². The number of hydrogen-bond acceptors (Lipinski definition) is 10. The van der Waals surface area contributed by atoms with E-state index in [-0.39, 0.29) is 39.6 Å². The van der Waals surface area contributed by atoms with Gasteiger partial charge >= 0.3 is 29.6 Å². The van der Waals surface area contributed by atoms with Gasteiger partial charge in [0.25, 0.3) is 11.8 Å². The standard InChI is InChI=1S/C16H22N4O7S2.Na/c21-15(17-12-11-20(16(12)22)29(23,24)25)14(13-3-1-10-28-13)18-27-7-2-4-19-5-8-26-9-6-19;/h1,3,10,12H,2,4-9,11H2,(H,17,21)(H,23,24,25);/q;+1/p-1/b18-14-;. The van der Waals surface area contributed by atoms with E-state index in [1.165, 1.54) is 11.3 Å². The SMILES string of the molecule is O=C(NC1CN(S(=O)(=O)[O-])C1=O)/C(=N\OCCCN1CCOCC1)c1cccs1.[Na+]. The third kappa shape index (κ3) is 6.72. The van der Waals surface area contributed by atoms with Crippen LogP contribution < -0.4 is 34.9 Å². The van der Waals surface area contributed by atoms with Gasteiger partial charge < -0.3 is 19.4 Å². The summed E-state index contributed by atoms with van der Waals surface area (Å²) in [7, 11) is -4.86. The number of ether oxygens (including phenoxy) is 1. The van der Waals surface area contributed by atoms with Gasteiger partial charge in [-0.2, -0.15) is 0 Å². The molecule has 3 heterocycles. The van der Waals surface area contributed by atoms with Crippen molar-refractivity contribution in [2.75, 3.05) is 46.0 Å². The van der Waals surface area contributed by atoms with Crippen LogP contribution in [-0.4, -0.2) is 91.7 Å². The number of nitrogens with zero attached hydrogens (tertiary/aromatic N) is 3. The van der Waals surface area contributed by atoms with Crippen molar-refractivity contribution in [2.24, 2.45) is 5.16 Å². The summed E-state index contributed by atoms with van der Waals surface area (Å²) in [6, 6.07) is 2.33. The molecule has 1 unspecified atom stereocenters. The first-order valence-corrected chi connectivity index (χ1v) is 11.2. The van der Waals surface area contributed by atoms with Gasteiger partial charge in [0.05, 0.1) is 24.6 Å². The molecule has 2 saturated heterocycles. The minimum absolute atomic E-state index is 0. The largest absolute Gasteiger partial charge is 1.00 e. The fourth-order valence-electron chi connectivity index (χ4n) is 2.83. The maximum absolute atomic E-state index is 12.5. The Balaban J connectivity index is 0.00000320. The third-order valence-electron chi connectivity index (χ3n) is 4.41. The van der Waals surface area contributed by atoms with Crippen molar-refractivity contribution in [3.63, 3.8) is 0 Å². The molecule has 0 aliphatic carbocycles. The third-order valence-corrected chi connectivity index (χ3v) is 6.15. The summed E-state index contributed by atoms with van der Waals surface area (Å²) in [6.45, 7) is 3.92. The van der Waals surface area contributed by atoms with Crippen LogP contribution in [0.5, 0.6) is 0 Å². The molecule has 0 bridgehead atoms. The summed E-state index contributed by atoms with van der Waals surface area (Å²) in [6.07, 6.45) is 0.722. The number of hydrogen-bond donors (Lipinski definition) is 1. The number of carbonyl (C=O) groups excluding carboxylic acids is 2. The topological polar surface area (TPSA) is 141 Å². The molecule has 0 saturated carbocycles. The molecule has 30 heavy (non-hydrogen) atoms. The predicted octanol–water partition coefficient (Wildman–Crippen LogP) is -4.02. The second kappa shape index (κ2) is 11.5. The van der Waals surface area contributed by atoms with Crippen LogP contribution >= 0.6 is 11.3 Å². The fraction of sp³-hybridized carbons (Fsp3) is 0.562. The van der Waals surface area contributed by atoms with Gasteiger partial charge in [-0.1, -0.05) is 11.2 Å². The summed E-state index contributed by atoms with van der Waals surface area (Å²) in [5.74, 6) is -1.65. The van der Waals surface area contributed by atoms with Crippen molar-refractivity contribution < 1.29 is 61.7 Å². The first-order chi connectivity index (χ1) is 13.9. The van der Waals surface area contributed by atoms with Crippen molar-refractivity contribution >= 4 is 39.2 Å². The molecule has 2 fully saturated rings. The van der Waals surface area contributed by atoms with Crippen LogP contribution in [0.2, 0.25) is 0 Å². The minimum atomic E-state index is -4.86. The Bertz CT molecular complexity index is 857. The van der Waals surface area contributed by atoms with E-state index >= 15 is 0 Å². The van der Waals surface area contributed by atoms with Crippen LogP contribution in [0, 0.1) is 0 Å². The van der Waals surface area contributed by atoms with Crippen LogP contribution in [0.4, 0.5) is 0 Å². The Labute approximate surface area is 200 Å². The molecular weight excluding hydrogens is 447 g/mol. The average molecular weight is 468 g/mol. The number of rotatable bonds is 9. The summed E-state index contributed by atoms with van der Waals surface area (Å²) in [5, 5.41) is 8.07. The minimum Gasteiger partial charge on any atom is -0.731 e. The smallest absolute Gasteiger partial charge is 0.731 e. The molecule has 1 aromatic heterocycles. The van der Waals surface area contributed by atoms with Crippen molar-refractivity contribution in [1.82, 2.24) is 14.5 Å². The number of nitrogens with one attached hydrogen (secondary N) is 1. The van der Waals surface area contributed by atoms with Crippen LogP contribution in [0.1, 0.15) is 11.3 Å². The number of morpholine rings is 1. The van der Waals surface area contributed by atoms with E-state index in [4.69, 9.17) is 9.57 Å². The summed E-state index contributed by atoms with van der Waals surface area (Å²) >= 11 is 1.27. The summed E-state index contributed by atoms with van der Waals surface area (Å²) < 4.78 is 38.1. The number of thiophene rings is 1. The van der Waals surface area contributed by atoms with Crippen molar-refractivity contribution in [3.8, 4) is 0 Å². The molecule has 1 atom stereocenters. The van der Waals surface area contributed by atoms with E-state index < -0.39 is 34.7 Å². The van der Waals surface area contributed by atoms with Crippen LogP contribution in [0.15, 0.2) is 22.7 Å². The normalized spacial score (nSPS) is 20.3. The first kappa shape index (κ1) is 25.2. The van der Waals surface area contributed by atoms with Gasteiger partial charge in [-0.25, -0.2) is 12.7 Å². The van der Waals surface area contributed by atoms with Gasteiger partial charge in [0.1, 0.15) is 12.6 Å². The number of oxime groups is 1. The van der Waals surface area contributed by atoms with E-state index in [1.807, 2.05) is 0 Å². The molecule has 11 nitrogen and oxygen atoms in total. The molecule has 2 aliphatic rings. The van der Waals surface area contributed by atoms with E-state index in [9.17, 15) is 22.6 Å². The Hall–Kier alpha value is -1.06. The second-order valence-corrected chi connectivity index (χ2v) is 8.66. The van der Waals surface area contributed by atoms with Gasteiger partial charge in [-0.15, -0.1) is 11.3 Å². The van der Waals surface area contributed by atoms with Gasteiger partial charge in [0, 0.05) is 19.6 Å². The number of amides is 2. The summed E-state index contributed by atoms with van der Waals surface area (Å²) in [4.78, 5) is 32.4. The van der Waals surface area contributed by atoms with Gasteiger partial charge in [-0.05, 0) is 17.9 Å². The maximum Gasteiger partial charge on any atom is 1.00 e. The predicted molar refractivity (Wildman–Crippen MR) is 102 cm³/mol. The van der Waals surface area contributed by atoms with Crippen LogP contribution in [-0.2, 0) is 29.5 Å². The Morgan fingerprint density at radius 2 is 2.13 bits per heavy atom. The molecule has 2 aliphatic heterocycles. The van der Waals surface area contributed by atoms with E-state index in [0.29, 0.717) is 24.7 Å². The van der Waals surface area contributed by atoms with Crippen molar-refractivity contribution in [2.45, 2.75) is 12.5 Å². The fourth-order valence-corrected chi connectivity index (χ4v) is 4.21. The molecular formula is C16H21N4NaO7S2. The maximum atomic E-state index is 12.5. The molecule has 1 N–H and O–H groups in total. The quantitative estimate of drug-likeness (QED) is 0.0965. The zero-order valence-corrected chi connectivity index (χ0v) is 20.1. The zero-order valence-electron chi connectivity index (χ0n) is 16.5. The monoisotopic (exact) mass is 468 g/mol. The van der Waals surface area contributed by atoms with Crippen molar-refractivity contribution in [3.05, 3.63) is 22.4 Å². The Kier molecular flexibility index (Phi) is 9.68. The molecule has 2 amide bonds. The number of carbonyl (C=O) groups is 2. The Morgan fingerprint density at radius 1 is 1.40 bits per heavy atom. The molecule has 3 rings (SSSR count). The molecule has 14 heteroatoms. The molecule has 0 aromatic carbocycles. The average Bonchev–Trinajstić information content (AvgIpc) is 3.21. The van der Waals surface area contributed by atoms with E-state index in [2.05, 4.69) is 15.4 Å². The van der Waals surface area contributed by atoms with Gasteiger partial charge in [0.15, 0.2) is 16.0 Å². The van der Waals surface area contributed by atoms with Gasteiger partial charge in [0.2, 0.25) is 0 Å². The molecule has 160 valence electrons. The molecule has 0 radical (unpaired) electrons. The molecule has 0 spiro atoms.